The van der Waals surface area contributed by atoms with Crippen LogP contribution in [0.15, 0.2) is 67.0 Å². The highest BCUT2D eigenvalue weighted by molar-refractivity contribution is 5.82. The maximum Gasteiger partial charge on any atom is 0.0941 e. The molecule has 0 radical (unpaired) electrons. The van der Waals surface area contributed by atoms with Crippen molar-refractivity contribution < 1.29 is 0 Å². The Balaban J connectivity index is 1.29. The molecule has 144 valence electrons. The maximum absolute atomic E-state index is 4.94. The number of rotatable bonds is 3. The van der Waals surface area contributed by atoms with Gasteiger partial charge in [0.25, 0.3) is 0 Å². The molecule has 1 unspecified atom stereocenters. The molecule has 29 heavy (non-hydrogen) atoms. The minimum atomic E-state index is 0.226. The Morgan fingerprint density at radius 2 is 1.83 bits per heavy atom. The number of aryl methyl sites for hydroxylation is 1. The smallest absolute Gasteiger partial charge is 0.0941 e. The van der Waals surface area contributed by atoms with Crippen molar-refractivity contribution in [2.24, 2.45) is 0 Å². The Kier molecular flexibility index (Phi) is 3.78. The lowest BCUT2D eigenvalue weighted by atomic mass is 9.82. The summed E-state index contributed by atoms with van der Waals surface area (Å²) in [6, 6.07) is 18.9. The first-order chi connectivity index (χ1) is 14.3. The molecular formula is C24H23N5. The highest BCUT2D eigenvalue weighted by Crippen LogP contribution is 2.44. The Labute approximate surface area is 170 Å². The minimum absolute atomic E-state index is 0.226. The zero-order chi connectivity index (χ0) is 19.3. The van der Waals surface area contributed by atoms with Crippen molar-refractivity contribution in [1.29, 1.82) is 0 Å². The highest BCUT2D eigenvalue weighted by Gasteiger charge is 2.45. The van der Waals surface area contributed by atoms with Gasteiger partial charge in [-0.1, -0.05) is 24.3 Å². The van der Waals surface area contributed by atoms with Crippen LogP contribution in [-0.4, -0.2) is 37.7 Å². The number of benzene rings is 1. The molecule has 5 heteroatoms. The number of likely N-dealkylation sites (tertiary alicyclic amines) is 1. The lowest BCUT2D eigenvalue weighted by molar-refractivity contribution is 0.298. The molecule has 0 N–H and O–H groups in total. The van der Waals surface area contributed by atoms with E-state index in [9.17, 15) is 0 Å². The molecule has 0 saturated carbocycles. The van der Waals surface area contributed by atoms with Crippen molar-refractivity contribution in [2.45, 2.75) is 31.3 Å². The molecule has 1 atom stereocenters. The topological polar surface area (TPSA) is 46.8 Å². The van der Waals surface area contributed by atoms with Crippen LogP contribution in [0, 0.1) is 0 Å². The van der Waals surface area contributed by atoms with Gasteiger partial charge < -0.3 is 0 Å². The van der Waals surface area contributed by atoms with Gasteiger partial charge in [0.2, 0.25) is 0 Å². The second kappa shape index (κ2) is 6.49. The second-order valence-electron chi connectivity index (χ2n) is 8.37. The molecule has 2 aliphatic heterocycles. The molecule has 1 spiro atoms. The SMILES string of the molecule is c1ccc(CN2CCC3(CCn4nc(-c5cnc6ccccc6c5)cc43)C2)nc1. The standard InChI is InChI=1S/C24H23N5/c1-2-7-21-18(5-1)13-19(15-26-21)22-14-23-24(9-12-29(23)27-22)8-11-28(17-24)16-20-6-3-4-10-25-20/h1-7,10,13-15H,8-9,11-12,16-17H2. The Hall–Kier alpha value is -3.05. The summed E-state index contributed by atoms with van der Waals surface area (Å²) >= 11 is 0. The predicted molar refractivity (Wildman–Crippen MR) is 113 cm³/mol. The summed E-state index contributed by atoms with van der Waals surface area (Å²) in [5.74, 6) is 0. The van der Waals surface area contributed by atoms with Crippen molar-refractivity contribution in [3.63, 3.8) is 0 Å². The van der Waals surface area contributed by atoms with Crippen LogP contribution in [0.3, 0.4) is 0 Å². The van der Waals surface area contributed by atoms with Crippen molar-refractivity contribution in [3.8, 4) is 11.3 Å². The fourth-order valence-corrected chi connectivity index (χ4v) is 5.04. The molecule has 1 fully saturated rings. The molecule has 0 amide bonds. The molecule has 0 aliphatic carbocycles. The molecule has 5 nitrogen and oxygen atoms in total. The first kappa shape index (κ1) is 16.9. The van der Waals surface area contributed by atoms with E-state index >= 15 is 0 Å². The average molecular weight is 381 g/mol. The summed E-state index contributed by atoms with van der Waals surface area (Å²) < 4.78 is 2.23. The Morgan fingerprint density at radius 3 is 2.76 bits per heavy atom. The molecule has 5 heterocycles. The van der Waals surface area contributed by atoms with Crippen molar-refractivity contribution in [2.75, 3.05) is 13.1 Å². The third-order valence-electron chi connectivity index (χ3n) is 6.56. The van der Waals surface area contributed by atoms with E-state index < -0.39 is 0 Å². The molecule has 1 saturated heterocycles. The highest BCUT2D eigenvalue weighted by atomic mass is 15.3. The zero-order valence-electron chi connectivity index (χ0n) is 16.3. The summed E-state index contributed by atoms with van der Waals surface area (Å²) in [7, 11) is 0. The molecule has 6 rings (SSSR count). The van der Waals surface area contributed by atoms with Crippen LogP contribution < -0.4 is 0 Å². The molecule has 3 aromatic heterocycles. The van der Waals surface area contributed by atoms with Crippen LogP contribution in [0.5, 0.6) is 0 Å². The minimum Gasteiger partial charge on any atom is -0.297 e. The summed E-state index contributed by atoms with van der Waals surface area (Å²) in [4.78, 5) is 11.7. The van der Waals surface area contributed by atoms with E-state index in [2.05, 4.69) is 62.0 Å². The Morgan fingerprint density at radius 1 is 0.931 bits per heavy atom. The molecule has 2 aliphatic rings. The third-order valence-corrected chi connectivity index (χ3v) is 6.56. The van der Waals surface area contributed by atoms with Crippen LogP contribution in [-0.2, 0) is 18.5 Å². The van der Waals surface area contributed by atoms with E-state index in [0.717, 1.165) is 54.0 Å². The molecule has 0 bridgehead atoms. The number of nitrogens with zero attached hydrogens (tertiary/aromatic N) is 5. The normalized spacial score (nSPS) is 21.2. The van der Waals surface area contributed by atoms with Gasteiger partial charge in [0.15, 0.2) is 0 Å². The van der Waals surface area contributed by atoms with Gasteiger partial charge in [-0.15, -0.1) is 0 Å². The lowest BCUT2D eigenvalue weighted by Gasteiger charge is -2.23. The third kappa shape index (κ3) is 2.85. The van der Waals surface area contributed by atoms with Gasteiger partial charge in [0.05, 0.1) is 16.9 Å². The first-order valence-electron chi connectivity index (χ1n) is 10.3. The van der Waals surface area contributed by atoms with Gasteiger partial charge in [0.1, 0.15) is 0 Å². The van der Waals surface area contributed by atoms with Crippen molar-refractivity contribution >= 4 is 10.9 Å². The van der Waals surface area contributed by atoms with Crippen LogP contribution in [0.1, 0.15) is 24.2 Å². The van der Waals surface area contributed by atoms with E-state index in [-0.39, 0.29) is 5.41 Å². The fourth-order valence-electron chi connectivity index (χ4n) is 5.04. The van der Waals surface area contributed by atoms with Gasteiger partial charge in [-0.25, -0.2) is 0 Å². The number of hydrogen-bond donors (Lipinski definition) is 0. The number of hydrogen-bond acceptors (Lipinski definition) is 4. The maximum atomic E-state index is 4.94. The molecule has 4 aromatic rings. The quantitative estimate of drug-likeness (QED) is 0.537. The van der Waals surface area contributed by atoms with Gasteiger partial charge >= 0.3 is 0 Å². The largest absolute Gasteiger partial charge is 0.297 e. The van der Waals surface area contributed by atoms with Crippen LogP contribution in [0.4, 0.5) is 0 Å². The van der Waals surface area contributed by atoms with Crippen LogP contribution in [0.2, 0.25) is 0 Å². The van der Waals surface area contributed by atoms with E-state index in [1.54, 1.807) is 0 Å². The second-order valence-corrected chi connectivity index (χ2v) is 8.37. The summed E-state index contributed by atoms with van der Waals surface area (Å²) in [5.41, 5.74) is 5.94. The monoisotopic (exact) mass is 381 g/mol. The molecular weight excluding hydrogens is 358 g/mol. The zero-order valence-corrected chi connectivity index (χ0v) is 16.3. The average Bonchev–Trinajstić information content (AvgIpc) is 3.45. The van der Waals surface area contributed by atoms with E-state index in [1.807, 2.05) is 24.5 Å². The number of aromatic nitrogens is 4. The van der Waals surface area contributed by atoms with Crippen molar-refractivity contribution in [3.05, 3.63) is 78.4 Å². The van der Waals surface area contributed by atoms with Gasteiger partial charge in [0, 0.05) is 54.1 Å². The lowest BCUT2D eigenvalue weighted by Crippen LogP contribution is -2.29. The van der Waals surface area contributed by atoms with Gasteiger partial charge in [-0.2, -0.15) is 5.10 Å². The van der Waals surface area contributed by atoms with Gasteiger partial charge in [-0.05, 0) is 49.7 Å². The van der Waals surface area contributed by atoms with Gasteiger partial charge in [-0.3, -0.25) is 19.5 Å². The van der Waals surface area contributed by atoms with Crippen LogP contribution in [0.25, 0.3) is 22.2 Å². The number of para-hydroxylation sites is 1. The Bertz CT molecular complexity index is 1180. The first-order valence-corrected chi connectivity index (χ1v) is 10.3. The van der Waals surface area contributed by atoms with E-state index in [0.29, 0.717) is 0 Å². The van der Waals surface area contributed by atoms with Crippen LogP contribution >= 0.6 is 0 Å². The fraction of sp³-hybridized carbons (Fsp3) is 0.292. The number of pyridine rings is 2. The summed E-state index contributed by atoms with van der Waals surface area (Å²) in [6.07, 6.45) is 6.22. The number of fused-ring (bicyclic) bond motifs is 3. The predicted octanol–water partition coefficient (Wildman–Crippen LogP) is 4.04. The molecule has 1 aromatic carbocycles. The van der Waals surface area contributed by atoms with E-state index in [4.69, 9.17) is 5.10 Å². The summed E-state index contributed by atoms with van der Waals surface area (Å²) in [6.45, 7) is 4.14. The van der Waals surface area contributed by atoms with Crippen molar-refractivity contribution in [1.82, 2.24) is 24.6 Å². The summed E-state index contributed by atoms with van der Waals surface area (Å²) in [5, 5.41) is 6.10. The van der Waals surface area contributed by atoms with E-state index in [1.165, 1.54) is 18.5 Å².